The topological polar surface area (TPSA) is 59.8 Å². The van der Waals surface area contributed by atoms with E-state index in [4.69, 9.17) is 0 Å². The molecule has 5 nitrogen and oxygen atoms in total. The summed E-state index contributed by atoms with van der Waals surface area (Å²) in [6.45, 7) is 10.5. The first-order chi connectivity index (χ1) is 12.9. The molecule has 3 rings (SSSR count). The lowest BCUT2D eigenvalue weighted by atomic mass is 9.96. The Hall–Kier alpha value is -2.69. The highest BCUT2D eigenvalue weighted by molar-refractivity contribution is 5.75. The normalized spacial score (nSPS) is 13.7. The van der Waals surface area contributed by atoms with Gasteiger partial charge in [-0.25, -0.2) is 4.98 Å². The monoisotopic (exact) mass is 364 g/mol. The molecule has 2 heterocycles. The lowest BCUT2D eigenvalue weighted by molar-refractivity contribution is 0.595. The Balaban J connectivity index is 1.87. The van der Waals surface area contributed by atoms with Gasteiger partial charge in [-0.05, 0) is 50.3 Å². The fraction of sp³-hybridized carbons (Fsp3) is 0.409. The molecule has 27 heavy (non-hydrogen) atoms. The van der Waals surface area contributed by atoms with E-state index in [2.05, 4.69) is 60.3 Å². The molecule has 0 saturated heterocycles. The van der Waals surface area contributed by atoms with Gasteiger partial charge in [0.05, 0.1) is 6.04 Å². The summed E-state index contributed by atoms with van der Waals surface area (Å²) in [6, 6.07) is 12.1. The molecular weight excluding hydrogens is 336 g/mol. The number of nitrogens with zero attached hydrogens (tertiary/aromatic N) is 3. The number of aromatic nitrogens is 3. The third-order valence-corrected chi connectivity index (χ3v) is 5.15. The van der Waals surface area contributed by atoms with Crippen molar-refractivity contribution in [2.24, 2.45) is 0 Å². The second kappa shape index (κ2) is 7.91. The number of nitrogens with one attached hydrogen (secondary N) is 1. The van der Waals surface area contributed by atoms with E-state index in [1.807, 2.05) is 13.8 Å². The maximum atomic E-state index is 12.2. The first-order valence-corrected chi connectivity index (χ1v) is 9.65. The summed E-state index contributed by atoms with van der Waals surface area (Å²) in [6.07, 6.45) is 2.90. The molecule has 0 aliphatic carbocycles. The minimum atomic E-state index is -0.0455. The molecule has 2 atom stereocenters. The molecule has 1 unspecified atom stereocenters. The van der Waals surface area contributed by atoms with Crippen LogP contribution in [-0.2, 0) is 0 Å². The second-order valence-electron chi connectivity index (χ2n) is 7.45. The van der Waals surface area contributed by atoms with Crippen LogP contribution in [0.15, 0.2) is 47.4 Å². The molecule has 2 aromatic heterocycles. The molecule has 0 bridgehead atoms. The van der Waals surface area contributed by atoms with Crippen LogP contribution in [0.5, 0.6) is 0 Å². The van der Waals surface area contributed by atoms with Crippen LogP contribution in [0.1, 0.15) is 70.2 Å². The Bertz CT molecular complexity index is 976. The standard InChI is InChI=1S/C22H28N4O/c1-6-15(4)17-7-9-18(10-8-17)16(5)24-22-23-13-19-11-12-20(27)26(14(2)3)21(19)25-22/h7-16H,6H2,1-5H3,(H,23,24,25)/t15?,16-/m0/s1. The zero-order valence-corrected chi connectivity index (χ0v) is 16.7. The quantitative estimate of drug-likeness (QED) is 0.664. The van der Waals surface area contributed by atoms with Gasteiger partial charge in [0.15, 0.2) is 0 Å². The van der Waals surface area contributed by atoms with E-state index in [9.17, 15) is 4.79 Å². The van der Waals surface area contributed by atoms with Crippen LogP contribution in [0, 0.1) is 0 Å². The van der Waals surface area contributed by atoms with Gasteiger partial charge in [-0.15, -0.1) is 0 Å². The van der Waals surface area contributed by atoms with Crippen molar-refractivity contribution in [1.82, 2.24) is 14.5 Å². The van der Waals surface area contributed by atoms with Crippen molar-refractivity contribution in [2.75, 3.05) is 5.32 Å². The Morgan fingerprint density at radius 2 is 1.67 bits per heavy atom. The van der Waals surface area contributed by atoms with Gasteiger partial charge in [0.25, 0.3) is 5.56 Å². The smallest absolute Gasteiger partial charge is 0.252 e. The van der Waals surface area contributed by atoms with Crippen LogP contribution < -0.4 is 10.9 Å². The van der Waals surface area contributed by atoms with E-state index < -0.39 is 0 Å². The number of anilines is 1. The molecule has 0 radical (unpaired) electrons. The number of benzene rings is 1. The molecule has 1 aromatic carbocycles. The van der Waals surface area contributed by atoms with Crippen molar-refractivity contribution < 1.29 is 0 Å². The van der Waals surface area contributed by atoms with E-state index in [-0.39, 0.29) is 17.6 Å². The minimum absolute atomic E-state index is 0.0365. The molecule has 0 aliphatic heterocycles. The van der Waals surface area contributed by atoms with Gasteiger partial charge in [0, 0.05) is 23.7 Å². The highest BCUT2D eigenvalue weighted by Gasteiger charge is 2.12. The summed E-state index contributed by atoms with van der Waals surface area (Å²) in [5.74, 6) is 1.10. The molecule has 0 aliphatic rings. The van der Waals surface area contributed by atoms with Gasteiger partial charge in [-0.3, -0.25) is 9.36 Å². The Labute approximate surface area is 160 Å². The molecule has 0 amide bonds. The SMILES string of the molecule is CCC(C)c1ccc([C@H](C)Nc2ncc3ccc(=O)n(C(C)C)c3n2)cc1. The van der Waals surface area contributed by atoms with E-state index in [0.717, 1.165) is 11.8 Å². The molecule has 1 N–H and O–H groups in total. The maximum Gasteiger partial charge on any atom is 0.252 e. The van der Waals surface area contributed by atoms with Crippen molar-refractivity contribution in [3.8, 4) is 0 Å². The van der Waals surface area contributed by atoms with E-state index in [1.165, 1.54) is 11.1 Å². The van der Waals surface area contributed by atoms with E-state index in [1.54, 1.807) is 22.9 Å². The maximum absolute atomic E-state index is 12.2. The summed E-state index contributed by atoms with van der Waals surface area (Å²) in [4.78, 5) is 21.3. The molecule has 142 valence electrons. The van der Waals surface area contributed by atoms with Gasteiger partial charge in [-0.1, -0.05) is 38.1 Å². The number of hydrogen-bond acceptors (Lipinski definition) is 4. The third-order valence-electron chi connectivity index (χ3n) is 5.15. The van der Waals surface area contributed by atoms with Crippen LogP contribution in [0.25, 0.3) is 11.0 Å². The zero-order chi connectivity index (χ0) is 19.6. The lowest BCUT2D eigenvalue weighted by Gasteiger charge is -2.17. The first-order valence-electron chi connectivity index (χ1n) is 9.65. The lowest BCUT2D eigenvalue weighted by Crippen LogP contribution is -2.22. The van der Waals surface area contributed by atoms with Gasteiger partial charge < -0.3 is 5.32 Å². The van der Waals surface area contributed by atoms with Gasteiger partial charge in [0.2, 0.25) is 5.95 Å². The Morgan fingerprint density at radius 3 is 2.30 bits per heavy atom. The van der Waals surface area contributed by atoms with Crippen molar-refractivity contribution >= 4 is 17.0 Å². The van der Waals surface area contributed by atoms with Crippen LogP contribution in [-0.4, -0.2) is 14.5 Å². The van der Waals surface area contributed by atoms with E-state index >= 15 is 0 Å². The molecule has 0 saturated carbocycles. The Kier molecular flexibility index (Phi) is 5.59. The summed E-state index contributed by atoms with van der Waals surface area (Å²) >= 11 is 0. The predicted molar refractivity (Wildman–Crippen MR) is 111 cm³/mol. The average molecular weight is 364 g/mol. The van der Waals surface area contributed by atoms with Crippen molar-refractivity contribution in [1.29, 1.82) is 0 Å². The van der Waals surface area contributed by atoms with E-state index in [0.29, 0.717) is 17.5 Å². The van der Waals surface area contributed by atoms with Gasteiger partial charge in [-0.2, -0.15) is 4.98 Å². The minimum Gasteiger partial charge on any atom is -0.348 e. The van der Waals surface area contributed by atoms with Crippen LogP contribution in [0.3, 0.4) is 0 Å². The summed E-state index contributed by atoms with van der Waals surface area (Å²) in [5.41, 5.74) is 3.15. The fourth-order valence-electron chi connectivity index (χ4n) is 3.23. The third kappa shape index (κ3) is 4.02. The average Bonchev–Trinajstić information content (AvgIpc) is 2.66. The summed E-state index contributed by atoms with van der Waals surface area (Å²) in [7, 11) is 0. The number of rotatable bonds is 6. The van der Waals surface area contributed by atoms with Crippen molar-refractivity contribution in [3.63, 3.8) is 0 Å². The molecule has 0 fully saturated rings. The van der Waals surface area contributed by atoms with Gasteiger partial charge >= 0.3 is 0 Å². The van der Waals surface area contributed by atoms with Gasteiger partial charge in [0.1, 0.15) is 5.65 Å². The molecular formula is C22H28N4O. The van der Waals surface area contributed by atoms with Crippen LogP contribution in [0.4, 0.5) is 5.95 Å². The molecule has 0 spiro atoms. The summed E-state index contributed by atoms with van der Waals surface area (Å²) < 4.78 is 1.70. The summed E-state index contributed by atoms with van der Waals surface area (Å²) in [5, 5.41) is 4.22. The van der Waals surface area contributed by atoms with Crippen LogP contribution in [0.2, 0.25) is 0 Å². The zero-order valence-electron chi connectivity index (χ0n) is 16.7. The highest BCUT2D eigenvalue weighted by atomic mass is 16.1. The fourth-order valence-corrected chi connectivity index (χ4v) is 3.23. The predicted octanol–water partition coefficient (Wildman–Crippen LogP) is 5.06. The number of fused-ring (bicyclic) bond motifs is 1. The number of pyridine rings is 1. The molecule has 5 heteroatoms. The Morgan fingerprint density at radius 1 is 1.00 bits per heavy atom. The molecule has 3 aromatic rings. The largest absolute Gasteiger partial charge is 0.348 e. The first kappa shape index (κ1) is 19.1. The highest BCUT2D eigenvalue weighted by Crippen LogP contribution is 2.23. The number of hydrogen-bond donors (Lipinski definition) is 1. The van der Waals surface area contributed by atoms with Crippen molar-refractivity contribution in [2.45, 2.75) is 59.0 Å². The van der Waals surface area contributed by atoms with Crippen molar-refractivity contribution in [3.05, 3.63) is 64.1 Å². The second-order valence-corrected chi connectivity index (χ2v) is 7.45. The van der Waals surface area contributed by atoms with Crippen LogP contribution >= 0.6 is 0 Å².